The van der Waals surface area contributed by atoms with Gasteiger partial charge in [-0.05, 0) is 24.3 Å². The van der Waals surface area contributed by atoms with Crippen molar-refractivity contribution in [1.29, 1.82) is 0 Å². The second-order valence-corrected chi connectivity index (χ2v) is 8.32. The van der Waals surface area contributed by atoms with Crippen LogP contribution in [0.3, 0.4) is 0 Å². The Kier molecular flexibility index (Phi) is 7.86. The molecule has 1 heterocycles. The second kappa shape index (κ2) is 9.74. The van der Waals surface area contributed by atoms with Gasteiger partial charge in [0.2, 0.25) is 5.91 Å². The van der Waals surface area contributed by atoms with E-state index >= 15 is 0 Å². The van der Waals surface area contributed by atoms with Crippen molar-refractivity contribution in [3.63, 3.8) is 0 Å². The molecule has 2 rings (SSSR count). The fourth-order valence-corrected chi connectivity index (χ4v) is 4.58. The van der Waals surface area contributed by atoms with Crippen molar-refractivity contribution in [2.24, 2.45) is 0 Å². The van der Waals surface area contributed by atoms with E-state index in [0.717, 1.165) is 12.1 Å². The zero-order valence-electron chi connectivity index (χ0n) is 16.3. The molecule has 12 heteroatoms. The maximum absolute atomic E-state index is 12.5. The zero-order chi connectivity index (χ0) is 21.7. The molecule has 0 spiro atoms. The van der Waals surface area contributed by atoms with Crippen LogP contribution >= 0.6 is 0 Å². The number of rotatable bonds is 8. The first kappa shape index (κ1) is 23.4. The average Bonchev–Trinajstić information content (AvgIpc) is 2.63. The molecule has 1 amide bonds. The smallest absolute Gasteiger partial charge is 0.406 e. The summed E-state index contributed by atoms with van der Waals surface area (Å²) in [7, 11) is -3.49. The van der Waals surface area contributed by atoms with Crippen molar-refractivity contribution in [3.8, 4) is 5.75 Å². The van der Waals surface area contributed by atoms with Gasteiger partial charge in [0.15, 0.2) is 0 Å². The van der Waals surface area contributed by atoms with Crippen molar-refractivity contribution < 1.29 is 31.1 Å². The van der Waals surface area contributed by atoms with Crippen LogP contribution in [0.2, 0.25) is 0 Å². The highest BCUT2D eigenvalue weighted by atomic mass is 32.2. The van der Waals surface area contributed by atoms with Crippen molar-refractivity contribution >= 4 is 21.8 Å². The molecule has 0 aliphatic carbocycles. The number of hydrogen-bond acceptors (Lipinski definition) is 5. The normalized spacial score (nSPS) is 16.8. The van der Waals surface area contributed by atoms with E-state index < -0.39 is 16.6 Å². The van der Waals surface area contributed by atoms with E-state index in [1.165, 1.54) is 20.7 Å². The highest BCUT2D eigenvalue weighted by molar-refractivity contribution is 7.86. The van der Waals surface area contributed by atoms with E-state index in [-0.39, 0.29) is 31.3 Å². The monoisotopic (exact) mass is 438 g/mol. The predicted molar refractivity (Wildman–Crippen MR) is 102 cm³/mol. The Hall–Kier alpha value is -1.89. The fraction of sp³-hybridized carbons (Fsp3) is 0.588. The van der Waals surface area contributed by atoms with Gasteiger partial charge in [-0.2, -0.15) is 17.0 Å². The first-order valence-corrected chi connectivity index (χ1v) is 10.6. The van der Waals surface area contributed by atoms with Crippen LogP contribution in [0.15, 0.2) is 24.3 Å². The van der Waals surface area contributed by atoms with Crippen molar-refractivity contribution in [1.82, 2.24) is 13.5 Å². The Balaban J connectivity index is 1.82. The molecular formula is C17H25F3N4O4S. The van der Waals surface area contributed by atoms with Gasteiger partial charge in [0.1, 0.15) is 5.75 Å². The van der Waals surface area contributed by atoms with Crippen LogP contribution < -0.4 is 10.1 Å². The minimum absolute atomic E-state index is 0.0555. The lowest BCUT2D eigenvalue weighted by Crippen LogP contribution is -2.54. The van der Waals surface area contributed by atoms with Gasteiger partial charge in [0, 0.05) is 45.0 Å². The van der Waals surface area contributed by atoms with Crippen LogP contribution in [0.25, 0.3) is 0 Å². The number of carbonyl (C=O) groups excluding carboxylic acids is 1. The summed E-state index contributed by atoms with van der Waals surface area (Å²) in [5.41, 5.74) is 0.340. The first-order valence-electron chi connectivity index (χ1n) is 9.18. The van der Waals surface area contributed by atoms with Gasteiger partial charge in [-0.25, -0.2) is 0 Å². The molecule has 164 valence electrons. The number of nitrogens with zero attached hydrogens (tertiary/aromatic N) is 3. The van der Waals surface area contributed by atoms with E-state index in [2.05, 4.69) is 10.1 Å². The number of piperazine rings is 1. The largest absolute Gasteiger partial charge is 0.573 e. The van der Waals surface area contributed by atoms with E-state index in [1.54, 1.807) is 13.8 Å². The molecule has 0 unspecified atom stereocenters. The first-order chi connectivity index (χ1) is 13.5. The van der Waals surface area contributed by atoms with Gasteiger partial charge < -0.3 is 10.1 Å². The number of anilines is 1. The summed E-state index contributed by atoms with van der Waals surface area (Å²) in [6.45, 7) is 5.80. The van der Waals surface area contributed by atoms with E-state index in [1.807, 2.05) is 4.90 Å². The number of ether oxygens (including phenoxy) is 1. The Bertz CT molecular complexity index is 775. The summed E-state index contributed by atoms with van der Waals surface area (Å²) in [5.74, 6) is -0.712. The second-order valence-electron chi connectivity index (χ2n) is 6.39. The van der Waals surface area contributed by atoms with Crippen LogP contribution in [-0.4, -0.2) is 80.0 Å². The average molecular weight is 438 g/mol. The highest BCUT2D eigenvalue weighted by Crippen LogP contribution is 2.24. The minimum Gasteiger partial charge on any atom is -0.406 e. The molecule has 1 aliphatic heterocycles. The number of nitrogens with one attached hydrogen (secondary N) is 1. The summed E-state index contributed by atoms with van der Waals surface area (Å²) in [6, 6.07) is 4.85. The molecule has 1 aromatic carbocycles. The van der Waals surface area contributed by atoms with Crippen molar-refractivity contribution in [3.05, 3.63) is 24.3 Å². The van der Waals surface area contributed by atoms with Gasteiger partial charge in [-0.1, -0.05) is 13.8 Å². The van der Waals surface area contributed by atoms with Crippen LogP contribution in [0, 0.1) is 0 Å². The van der Waals surface area contributed by atoms with E-state index in [9.17, 15) is 26.4 Å². The number of benzene rings is 1. The van der Waals surface area contributed by atoms with Gasteiger partial charge in [-0.15, -0.1) is 13.2 Å². The summed E-state index contributed by atoms with van der Waals surface area (Å²) in [5, 5.41) is 2.60. The van der Waals surface area contributed by atoms with Crippen LogP contribution in [-0.2, 0) is 15.0 Å². The lowest BCUT2D eigenvalue weighted by atomic mass is 10.3. The molecule has 0 bridgehead atoms. The Labute approximate surface area is 168 Å². The molecule has 0 radical (unpaired) electrons. The lowest BCUT2D eigenvalue weighted by molar-refractivity contribution is -0.274. The van der Waals surface area contributed by atoms with Gasteiger partial charge in [0.25, 0.3) is 10.2 Å². The summed E-state index contributed by atoms with van der Waals surface area (Å²) < 4.78 is 68.1. The predicted octanol–water partition coefficient (Wildman–Crippen LogP) is 1.73. The summed E-state index contributed by atoms with van der Waals surface area (Å²) >= 11 is 0. The van der Waals surface area contributed by atoms with Gasteiger partial charge in [-0.3, -0.25) is 9.69 Å². The third-order valence-corrected chi connectivity index (χ3v) is 6.61. The van der Waals surface area contributed by atoms with E-state index in [4.69, 9.17) is 0 Å². The number of hydrogen-bond donors (Lipinski definition) is 1. The van der Waals surface area contributed by atoms with Gasteiger partial charge in [0.05, 0.1) is 6.54 Å². The zero-order valence-corrected chi connectivity index (χ0v) is 17.1. The SMILES string of the molecule is CCN(CC)S(=O)(=O)N1CCN(CC(=O)Nc2ccc(OC(F)(F)F)cc2)CC1. The molecule has 1 N–H and O–H groups in total. The van der Waals surface area contributed by atoms with E-state index in [0.29, 0.717) is 31.9 Å². The highest BCUT2D eigenvalue weighted by Gasteiger charge is 2.32. The molecule has 0 atom stereocenters. The summed E-state index contributed by atoms with van der Waals surface area (Å²) in [6.07, 6.45) is -4.77. The number of amides is 1. The topological polar surface area (TPSA) is 82.2 Å². The van der Waals surface area contributed by atoms with Gasteiger partial charge >= 0.3 is 6.36 Å². The Morgan fingerprint density at radius 1 is 1.10 bits per heavy atom. The maximum atomic E-state index is 12.5. The van der Waals surface area contributed by atoms with Crippen molar-refractivity contribution in [2.45, 2.75) is 20.2 Å². The number of halogens is 3. The molecule has 1 aliphatic rings. The van der Waals surface area contributed by atoms with Crippen LogP contribution in [0.5, 0.6) is 5.75 Å². The number of alkyl halides is 3. The molecular weight excluding hydrogens is 413 g/mol. The lowest BCUT2D eigenvalue weighted by Gasteiger charge is -2.35. The van der Waals surface area contributed by atoms with Crippen LogP contribution in [0.1, 0.15) is 13.8 Å². The molecule has 1 aromatic rings. The molecule has 0 aromatic heterocycles. The molecule has 8 nitrogen and oxygen atoms in total. The third-order valence-electron chi connectivity index (χ3n) is 4.43. The van der Waals surface area contributed by atoms with Crippen molar-refractivity contribution in [2.75, 3.05) is 51.1 Å². The number of carbonyl (C=O) groups is 1. The molecule has 1 fully saturated rings. The third kappa shape index (κ3) is 6.84. The maximum Gasteiger partial charge on any atom is 0.573 e. The molecule has 0 saturated carbocycles. The molecule has 29 heavy (non-hydrogen) atoms. The quantitative estimate of drug-likeness (QED) is 0.669. The minimum atomic E-state index is -4.77. The van der Waals surface area contributed by atoms with Crippen LogP contribution in [0.4, 0.5) is 18.9 Å². The fourth-order valence-electron chi connectivity index (χ4n) is 2.98. The summed E-state index contributed by atoms with van der Waals surface area (Å²) in [4.78, 5) is 14.0. The Morgan fingerprint density at radius 3 is 2.14 bits per heavy atom. The standard InChI is InChI=1S/C17H25F3N4O4S/c1-3-23(4-2)29(26,27)24-11-9-22(10-12-24)13-16(25)21-14-5-7-15(8-6-14)28-17(18,19)20/h5-8H,3-4,9-13H2,1-2H3,(H,21,25). The Morgan fingerprint density at radius 2 is 1.66 bits per heavy atom. The molecule has 1 saturated heterocycles.